The van der Waals surface area contributed by atoms with Gasteiger partial charge in [-0.25, -0.2) is 4.79 Å². The maximum Gasteiger partial charge on any atom is 0.319 e. The number of amides is 2. The molecule has 24 heavy (non-hydrogen) atoms. The lowest BCUT2D eigenvalue weighted by atomic mass is 9.79. The molecule has 0 aliphatic rings. The summed E-state index contributed by atoms with van der Waals surface area (Å²) in [6.45, 7) is 6.41. The number of methoxy groups -OCH3 is 1. The Bertz CT molecular complexity index is 668. The van der Waals surface area contributed by atoms with E-state index in [0.717, 1.165) is 6.42 Å². The molecule has 0 bridgehead atoms. The fraction of sp³-hybridized carbons (Fsp3) is 0.350. The van der Waals surface area contributed by atoms with Crippen molar-refractivity contribution in [1.29, 1.82) is 0 Å². The first-order valence-corrected chi connectivity index (χ1v) is 8.18. The summed E-state index contributed by atoms with van der Waals surface area (Å²) in [5.74, 6) is 0.714. The van der Waals surface area contributed by atoms with Crippen LogP contribution in [0, 0.1) is 0 Å². The number of nitrogens with one attached hydrogen (secondary N) is 2. The molecule has 1 atom stereocenters. The second-order valence-corrected chi connectivity index (χ2v) is 6.69. The van der Waals surface area contributed by atoms with Gasteiger partial charge in [0.15, 0.2) is 0 Å². The monoisotopic (exact) mass is 326 g/mol. The molecule has 1 unspecified atom stereocenters. The largest absolute Gasteiger partial charge is 0.497 e. The number of carbonyl (C=O) groups is 1. The van der Waals surface area contributed by atoms with Gasteiger partial charge in [-0.1, -0.05) is 50.2 Å². The molecule has 2 aromatic carbocycles. The van der Waals surface area contributed by atoms with E-state index in [1.807, 2.05) is 43.3 Å². The summed E-state index contributed by atoms with van der Waals surface area (Å²) in [6.07, 6.45) is 0.850. The average Bonchev–Trinajstić information content (AvgIpc) is 2.55. The van der Waals surface area contributed by atoms with Crippen LogP contribution in [-0.4, -0.2) is 19.2 Å². The van der Waals surface area contributed by atoms with E-state index in [1.54, 1.807) is 13.2 Å². The quantitative estimate of drug-likeness (QED) is 0.817. The summed E-state index contributed by atoms with van der Waals surface area (Å²) in [7, 11) is 1.60. The molecule has 128 valence electrons. The minimum atomic E-state index is -0.209. The molecule has 0 spiro atoms. The fourth-order valence-corrected chi connectivity index (χ4v) is 2.92. The van der Waals surface area contributed by atoms with Gasteiger partial charge in [0, 0.05) is 17.8 Å². The van der Waals surface area contributed by atoms with Crippen molar-refractivity contribution >= 4 is 11.7 Å². The Kier molecular flexibility index (Phi) is 5.85. The molecule has 2 N–H and O–H groups in total. The van der Waals surface area contributed by atoms with Gasteiger partial charge < -0.3 is 15.4 Å². The van der Waals surface area contributed by atoms with Crippen LogP contribution >= 0.6 is 0 Å². The van der Waals surface area contributed by atoms with Crippen LogP contribution in [0.4, 0.5) is 10.5 Å². The summed E-state index contributed by atoms with van der Waals surface area (Å²) in [5.41, 5.74) is 1.97. The maximum atomic E-state index is 12.2. The van der Waals surface area contributed by atoms with Crippen LogP contribution in [0.5, 0.6) is 5.75 Å². The van der Waals surface area contributed by atoms with Crippen molar-refractivity contribution in [3.8, 4) is 5.75 Å². The summed E-state index contributed by atoms with van der Waals surface area (Å²) < 4.78 is 5.16. The third kappa shape index (κ3) is 5.01. The van der Waals surface area contributed by atoms with Gasteiger partial charge >= 0.3 is 6.03 Å². The van der Waals surface area contributed by atoms with Crippen LogP contribution in [0.1, 0.15) is 32.8 Å². The molecule has 0 fully saturated rings. The van der Waals surface area contributed by atoms with E-state index < -0.39 is 0 Å². The topological polar surface area (TPSA) is 50.4 Å². The molecule has 0 saturated carbocycles. The van der Waals surface area contributed by atoms with Crippen molar-refractivity contribution in [3.63, 3.8) is 0 Å². The van der Waals surface area contributed by atoms with Crippen molar-refractivity contribution in [2.24, 2.45) is 0 Å². The molecule has 0 aromatic heterocycles. The predicted molar refractivity (Wildman–Crippen MR) is 98.7 cm³/mol. The number of hydrogen-bond acceptors (Lipinski definition) is 2. The zero-order valence-electron chi connectivity index (χ0n) is 14.8. The number of anilines is 1. The Balaban J connectivity index is 1.91. The average molecular weight is 326 g/mol. The van der Waals surface area contributed by atoms with E-state index in [9.17, 15) is 4.79 Å². The Morgan fingerprint density at radius 1 is 1.12 bits per heavy atom. The van der Waals surface area contributed by atoms with Crippen LogP contribution in [0.3, 0.4) is 0 Å². The van der Waals surface area contributed by atoms with Gasteiger partial charge in [-0.2, -0.15) is 0 Å². The van der Waals surface area contributed by atoms with Crippen LogP contribution in [0.15, 0.2) is 54.6 Å². The highest BCUT2D eigenvalue weighted by molar-refractivity contribution is 5.89. The van der Waals surface area contributed by atoms with Crippen LogP contribution in [0.2, 0.25) is 0 Å². The van der Waals surface area contributed by atoms with Crippen LogP contribution in [0.25, 0.3) is 0 Å². The lowest BCUT2D eigenvalue weighted by Gasteiger charge is -2.29. The molecule has 0 radical (unpaired) electrons. The molecule has 2 rings (SSSR count). The molecule has 0 saturated heterocycles. The third-order valence-corrected chi connectivity index (χ3v) is 4.08. The molecule has 0 aliphatic heterocycles. The summed E-state index contributed by atoms with van der Waals surface area (Å²) in [5, 5.41) is 5.84. The molecule has 2 aromatic rings. The number of hydrogen-bond donors (Lipinski definition) is 2. The molecule has 0 heterocycles. The maximum absolute atomic E-state index is 12.2. The Hall–Kier alpha value is -2.49. The van der Waals surface area contributed by atoms with Gasteiger partial charge in [0.25, 0.3) is 0 Å². The number of urea groups is 1. The van der Waals surface area contributed by atoms with Crippen molar-refractivity contribution in [3.05, 3.63) is 60.2 Å². The molecular formula is C20H26N2O2. The SMILES string of the molecule is COc1cccc(NC(=O)NC(C)CC(C)(C)c2ccccc2)c1. The van der Waals surface area contributed by atoms with Gasteiger partial charge in [-0.3, -0.25) is 0 Å². The van der Waals surface area contributed by atoms with Crippen LogP contribution < -0.4 is 15.4 Å². The highest BCUT2D eigenvalue weighted by atomic mass is 16.5. The van der Waals surface area contributed by atoms with E-state index in [0.29, 0.717) is 11.4 Å². The zero-order valence-corrected chi connectivity index (χ0v) is 14.8. The highest BCUT2D eigenvalue weighted by Crippen LogP contribution is 2.28. The fourth-order valence-electron chi connectivity index (χ4n) is 2.92. The Labute approximate surface area is 144 Å². The Morgan fingerprint density at radius 2 is 1.83 bits per heavy atom. The molecule has 2 amide bonds. The van der Waals surface area contributed by atoms with E-state index in [1.165, 1.54) is 5.56 Å². The lowest BCUT2D eigenvalue weighted by Crippen LogP contribution is -2.39. The summed E-state index contributed by atoms with van der Waals surface area (Å²) >= 11 is 0. The van der Waals surface area contributed by atoms with Crippen LogP contribution in [-0.2, 0) is 5.41 Å². The first-order valence-electron chi connectivity index (χ1n) is 8.18. The standard InChI is InChI=1S/C20H26N2O2/c1-15(14-20(2,3)16-9-6-5-7-10-16)21-19(23)22-17-11-8-12-18(13-17)24-4/h5-13,15H,14H2,1-4H3,(H2,21,22,23). The van der Waals surface area contributed by atoms with Gasteiger partial charge in [-0.15, -0.1) is 0 Å². The van der Waals surface area contributed by atoms with Crippen molar-refractivity contribution in [2.45, 2.75) is 38.6 Å². The Morgan fingerprint density at radius 3 is 2.50 bits per heavy atom. The van der Waals surface area contributed by atoms with Gasteiger partial charge in [0.05, 0.1) is 7.11 Å². The number of carbonyl (C=O) groups excluding carboxylic acids is 1. The number of rotatable bonds is 6. The van der Waals surface area contributed by atoms with Gasteiger partial charge in [0.1, 0.15) is 5.75 Å². The smallest absolute Gasteiger partial charge is 0.319 e. The molecule has 4 nitrogen and oxygen atoms in total. The lowest BCUT2D eigenvalue weighted by molar-refractivity contribution is 0.246. The number of ether oxygens (including phenoxy) is 1. The van der Waals surface area contributed by atoms with Crippen molar-refractivity contribution in [2.75, 3.05) is 12.4 Å². The third-order valence-electron chi connectivity index (χ3n) is 4.08. The van der Waals surface area contributed by atoms with E-state index in [4.69, 9.17) is 4.74 Å². The molecular weight excluding hydrogens is 300 g/mol. The van der Waals surface area contributed by atoms with E-state index in [-0.39, 0.29) is 17.5 Å². The summed E-state index contributed by atoms with van der Waals surface area (Å²) in [4.78, 5) is 12.2. The minimum absolute atomic E-state index is 0.01000. The predicted octanol–water partition coefficient (Wildman–Crippen LogP) is 4.57. The summed E-state index contributed by atoms with van der Waals surface area (Å²) in [6, 6.07) is 17.5. The highest BCUT2D eigenvalue weighted by Gasteiger charge is 2.24. The normalized spacial score (nSPS) is 12.3. The van der Waals surface area contributed by atoms with Crippen molar-refractivity contribution in [1.82, 2.24) is 5.32 Å². The second-order valence-electron chi connectivity index (χ2n) is 6.69. The number of benzene rings is 2. The molecule has 4 heteroatoms. The zero-order chi connectivity index (χ0) is 17.6. The van der Waals surface area contributed by atoms with Crippen molar-refractivity contribution < 1.29 is 9.53 Å². The minimum Gasteiger partial charge on any atom is -0.497 e. The molecule has 0 aliphatic carbocycles. The first kappa shape index (κ1) is 17.9. The van der Waals surface area contributed by atoms with Gasteiger partial charge in [0.2, 0.25) is 0 Å². The second kappa shape index (κ2) is 7.86. The first-order chi connectivity index (χ1) is 11.4. The van der Waals surface area contributed by atoms with E-state index >= 15 is 0 Å². The van der Waals surface area contributed by atoms with Gasteiger partial charge in [-0.05, 0) is 36.5 Å². The van der Waals surface area contributed by atoms with E-state index in [2.05, 4.69) is 36.6 Å².